The van der Waals surface area contributed by atoms with Gasteiger partial charge in [-0.15, -0.1) is 0 Å². The number of nitrogens with two attached hydrogens (primary N) is 1. The van der Waals surface area contributed by atoms with Crippen molar-refractivity contribution < 1.29 is 0 Å². The minimum Gasteiger partial charge on any atom is -0.355 e. The number of nitrogens with zero attached hydrogens (tertiary/aromatic N) is 1. The van der Waals surface area contributed by atoms with E-state index in [9.17, 15) is 0 Å². The summed E-state index contributed by atoms with van der Waals surface area (Å²) in [5.41, 5.74) is 4.48. The Balaban J connectivity index is 2.17. The number of rotatable bonds is 3. The van der Waals surface area contributed by atoms with Crippen molar-refractivity contribution in [3.63, 3.8) is 0 Å². The van der Waals surface area contributed by atoms with Crippen LogP contribution in [-0.2, 0) is 0 Å². The number of anilines is 3. The minimum absolute atomic E-state index is 0.635. The molecule has 2 rings (SSSR count). The van der Waals surface area contributed by atoms with E-state index in [0.29, 0.717) is 5.82 Å². The van der Waals surface area contributed by atoms with Crippen molar-refractivity contribution in [1.82, 2.24) is 4.98 Å². The summed E-state index contributed by atoms with van der Waals surface area (Å²) in [6, 6.07) is 13.6. The average Bonchev–Trinajstić information content (AvgIpc) is 2.31. The molecule has 0 spiro atoms. The Morgan fingerprint density at radius 1 is 1.00 bits per heavy atom. The first-order chi connectivity index (χ1) is 7.38. The van der Waals surface area contributed by atoms with Gasteiger partial charge in [0, 0.05) is 23.6 Å². The molecule has 4 nitrogen and oxygen atoms in total. The Morgan fingerprint density at radius 2 is 1.80 bits per heavy atom. The summed E-state index contributed by atoms with van der Waals surface area (Å²) in [4.78, 5) is 4.02. The molecule has 0 fully saturated rings. The fourth-order valence-electron chi connectivity index (χ4n) is 1.28. The zero-order valence-corrected chi connectivity index (χ0v) is 8.14. The third-order valence-corrected chi connectivity index (χ3v) is 1.97. The van der Waals surface area contributed by atoms with Crippen molar-refractivity contribution >= 4 is 17.2 Å². The summed E-state index contributed by atoms with van der Waals surface area (Å²) in [5.74, 6) is 5.91. The number of nitrogen functional groups attached to an aromatic ring is 1. The predicted molar refractivity (Wildman–Crippen MR) is 61.8 cm³/mol. The van der Waals surface area contributed by atoms with E-state index in [4.69, 9.17) is 5.84 Å². The van der Waals surface area contributed by atoms with Crippen LogP contribution in [0.3, 0.4) is 0 Å². The van der Waals surface area contributed by atoms with Crippen molar-refractivity contribution in [1.29, 1.82) is 0 Å². The predicted octanol–water partition coefficient (Wildman–Crippen LogP) is 2.11. The molecule has 0 atom stereocenters. The third kappa shape index (κ3) is 2.45. The summed E-state index contributed by atoms with van der Waals surface area (Å²) in [7, 11) is 0. The molecule has 76 valence electrons. The lowest BCUT2D eigenvalue weighted by Gasteiger charge is -2.06. The number of benzene rings is 1. The molecule has 0 bridgehead atoms. The van der Waals surface area contributed by atoms with Crippen LogP contribution in [0.4, 0.5) is 17.2 Å². The van der Waals surface area contributed by atoms with Crippen LogP contribution in [0.15, 0.2) is 48.7 Å². The van der Waals surface area contributed by atoms with Crippen LogP contribution in [0.5, 0.6) is 0 Å². The molecule has 4 heteroatoms. The second kappa shape index (κ2) is 4.43. The molecule has 0 aliphatic heterocycles. The Bertz CT molecular complexity index is 428. The highest BCUT2D eigenvalue weighted by atomic mass is 15.2. The molecule has 15 heavy (non-hydrogen) atoms. The van der Waals surface area contributed by atoms with Crippen molar-refractivity contribution in [3.05, 3.63) is 48.7 Å². The van der Waals surface area contributed by atoms with E-state index in [1.165, 1.54) is 0 Å². The highest BCUT2D eigenvalue weighted by Gasteiger charge is 1.95. The number of nitrogens with one attached hydrogen (secondary N) is 2. The van der Waals surface area contributed by atoms with Crippen molar-refractivity contribution in [2.45, 2.75) is 0 Å². The number of para-hydroxylation sites is 1. The number of hydrogen-bond donors (Lipinski definition) is 3. The molecule has 2 aromatic rings. The summed E-state index contributed by atoms with van der Waals surface area (Å²) in [6.07, 6.45) is 1.69. The maximum atomic E-state index is 5.27. The third-order valence-electron chi connectivity index (χ3n) is 1.97. The first-order valence-corrected chi connectivity index (χ1v) is 4.63. The fourth-order valence-corrected chi connectivity index (χ4v) is 1.28. The zero-order chi connectivity index (χ0) is 10.5. The second-order valence-corrected chi connectivity index (χ2v) is 3.07. The molecule has 0 saturated carbocycles. The van der Waals surface area contributed by atoms with E-state index < -0.39 is 0 Å². The molecule has 0 amide bonds. The zero-order valence-electron chi connectivity index (χ0n) is 8.14. The van der Waals surface area contributed by atoms with E-state index in [2.05, 4.69) is 15.7 Å². The van der Waals surface area contributed by atoms with Gasteiger partial charge in [0.15, 0.2) is 0 Å². The van der Waals surface area contributed by atoms with Crippen LogP contribution in [0.1, 0.15) is 0 Å². The van der Waals surface area contributed by atoms with Crippen LogP contribution < -0.4 is 16.6 Å². The summed E-state index contributed by atoms with van der Waals surface area (Å²) in [6.45, 7) is 0. The van der Waals surface area contributed by atoms with Gasteiger partial charge in [0.1, 0.15) is 5.82 Å². The Morgan fingerprint density at radius 3 is 2.53 bits per heavy atom. The van der Waals surface area contributed by atoms with Gasteiger partial charge in [-0.25, -0.2) is 10.8 Å². The van der Waals surface area contributed by atoms with Crippen molar-refractivity contribution in [3.8, 4) is 0 Å². The first kappa shape index (κ1) is 9.48. The molecule has 1 aromatic heterocycles. The van der Waals surface area contributed by atoms with Gasteiger partial charge >= 0.3 is 0 Å². The van der Waals surface area contributed by atoms with Gasteiger partial charge in [0.25, 0.3) is 0 Å². The summed E-state index contributed by atoms with van der Waals surface area (Å²) >= 11 is 0. The van der Waals surface area contributed by atoms with Gasteiger partial charge in [-0.1, -0.05) is 18.2 Å². The number of pyridine rings is 1. The quantitative estimate of drug-likeness (QED) is 0.524. The highest BCUT2D eigenvalue weighted by molar-refractivity contribution is 5.61. The second-order valence-electron chi connectivity index (χ2n) is 3.07. The monoisotopic (exact) mass is 200 g/mol. The van der Waals surface area contributed by atoms with E-state index >= 15 is 0 Å². The lowest BCUT2D eigenvalue weighted by atomic mass is 10.3. The normalized spacial score (nSPS) is 9.67. The van der Waals surface area contributed by atoms with Gasteiger partial charge in [0.05, 0.1) is 0 Å². The molecule has 0 aliphatic rings. The smallest absolute Gasteiger partial charge is 0.141 e. The molecule has 1 heterocycles. The SMILES string of the molecule is NNc1cc(Nc2ccccc2)ccn1. The van der Waals surface area contributed by atoms with Crippen LogP contribution in [0.2, 0.25) is 0 Å². The van der Waals surface area contributed by atoms with Crippen LogP contribution in [0.25, 0.3) is 0 Å². The largest absolute Gasteiger partial charge is 0.355 e. The standard InChI is InChI=1S/C11H12N4/c12-15-11-8-10(6-7-13-11)14-9-4-2-1-3-5-9/h1-8H,12H2,(H2,13,14,15). The van der Waals surface area contributed by atoms with E-state index in [0.717, 1.165) is 11.4 Å². The maximum Gasteiger partial charge on any atom is 0.141 e. The van der Waals surface area contributed by atoms with Crippen molar-refractivity contribution in [2.24, 2.45) is 5.84 Å². The van der Waals surface area contributed by atoms with Gasteiger partial charge in [-0.2, -0.15) is 0 Å². The van der Waals surface area contributed by atoms with Crippen molar-refractivity contribution in [2.75, 3.05) is 10.7 Å². The number of aromatic nitrogens is 1. The molecule has 0 radical (unpaired) electrons. The summed E-state index contributed by atoms with van der Waals surface area (Å²) < 4.78 is 0. The minimum atomic E-state index is 0.635. The molecule has 0 unspecified atom stereocenters. The van der Waals surface area contributed by atoms with E-state index in [1.807, 2.05) is 42.5 Å². The van der Waals surface area contributed by atoms with Gasteiger partial charge in [-0.05, 0) is 18.2 Å². The number of hydrazine groups is 1. The van der Waals surface area contributed by atoms with E-state index in [1.54, 1.807) is 6.20 Å². The molecular weight excluding hydrogens is 188 g/mol. The fraction of sp³-hybridized carbons (Fsp3) is 0. The van der Waals surface area contributed by atoms with Crippen LogP contribution in [-0.4, -0.2) is 4.98 Å². The molecular formula is C11H12N4. The number of hydrogen-bond acceptors (Lipinski definition) is 4. The van der Waals surface area contributed by atoms with Gasteiger partial charge < -0.3 is 10.7 Å². The lowest BCUT2D eigenvalue weighted by Crippen LogP contribution is -2.08. The van der Waals surface area contributed by atoms with Gasteiger partial charge in [-0.3, -0.25) is 0 Å². The Hall–Kier alpha value is -2.07. The average molecular weight is 200 g/mol. The Kier molecular flexibility index (Phi) is 2.80. The van der Waals surface area contributed by atoms with E-state index in [-0.39, 0.29) is 0 Å². The molecule has 0 aliphatic carbocycles. The van der Waals surface area contributed by atoms with Crippen LogP contribution in [0, 0.1) is 0 Å². The summed E-state index contributed by atoms with van der Waals surface area (Å²) in [5, 5.41) is 3.24. The first-order valence-electron chi connectivity index (χ1n) is 4.63. The van der Waals surface area contributed by atoms with Crippen LogP contribution >= 0.6 is 0 Å². The maximum absolute atomic E-state index is 5.27. The molecule has 1 aromatic carbocycles. The Labute approximate surface area is 88.1 Å². The van der Waals surface area contributed by atoms with Gasteiger partial charge in [0.2, 0.25) is 0 Å². The topological polar surface area (TPSA) is 63.0 Å². The molecule has 0 saturated heterocycles. The highest BCUT2D eigenvalue weighted by Crippen LogP contribution is 2.17. The molecule has 4 N–H and O–H groups in total. The lowest BCUT2D eigenvalue weighted by molar-refractivity contribution is 1.23.